The van der Waals surface area contributed by atoms with E-state index in [4.69, 9.17) is 0 Å². The molecule has 27 heavy (non-hydrogen) atoms. The minimum absolute atomic E-state index is 0.000116. The van der Waals surface area contributed by atoms with Gasteiger partial charge < -0.3 is 9.88 Å². The number of amides is 1. The molecule has 2 heterocycles. The predicted molar refractivity (Wildman–Crippen MR) is 111 cm³/mol. The zero-order valence-corrected chi connectivity index (χ0v) is 17.2. The molecule has 1 aromatic carbocycles. The zero-order valence-electron chi connectivity index (χ0n) is 15.6. The average Bonchev–Trinajstić information content (AvgIpc) is 3.36. The first-order chi connectivity index (χ1) is 13.2. The van der Waals surface area contributed by atoms with Gasteiger partial charge in [-0.05, 0) is 42.3 Å². The average molecular weight is 401 g/mol. The van der Waals surface area contributed by atoms with Gasteiger partial charge in [-0.15, -0.1) is 21.5 Å². The first-order valence-corrected chi connectivity index (χ1v) is 10.9. The summed E-state index contributed by atoms with van der Waals surface area (Å²) >= 11 is 3.17. The van der Waals surface area contributed by atoms with Crippen LogP contribution in [0.3, 0.4) is 0 Å². The number of hydrogen-bond acceptors (Lipinski definition) is 5. The van der Waals surface area contributed by atoms with Crippen molar-refractivity contribution in [2.45, 2.75) is 44.4 Å². The molecule has 0 radical (unpaired) electrons. The van der Waals surface area contributed by atoms with Crippen molar-refractivity contribution in [2.75, 3.05) is 5.75 Å². The van der Waals surface area contributed by atoms with Crippen molar-refractivity contribution < 1.29 is 4.79 Å². The molecule has 0 aliphatic rings. The molecule has 3 aromatic rings. The van der Waals surface area contributed by atoms with Crippen molar-refractivity contribution in [1.29, 1.82) is 0 Å². The Morgan fingerprint density at radius 2 is 2.11 bits per heavy atom. The van der Waals surface area contributed by atoms with Crippen molar-refractivity contribution in [1.82, 2.24) is 20.1 Å². The summed E-state index contributed by atoms with van der Waals surface area (Å²) in [6.45, 7) is 4.96. The highest BCUT2D eigenvalue weighted by Gasteiger charge is 2.12. The first-order valence-electron chi connectivity index (χ1n) is 9.07. The Morgan fingerprint density at radius 1 is 1.30 bits per heavy atom. The Morgan fingerprint density at radius 3 is 2.81 bits per heavy atom. The van der Waals surface area contributed by atoms with Crippen molar-refractivity contribution in [2.24, 2.45) is 0 Å². The smallest absolute Gasteiger partial charge is 0.230 e. The summed E-state index contributed by atoms with van der Waals surface area (Å²) in [4.78, 5) is 13.6. The van der Waals surface area contributed by atoms with Crippen LogP contribution in [0.25, 0.3) is 0 Å². The molecule has 142 valence electrons. The summed E-state index contributed by atoms with van der Waals surface area (Å²) in [5.41, 5.74) is 2.42. The fourth-order valence-corrected chi connectivity index (χ4v) is 4.18. The Bertz CT molecular complexity index is 843. The third kappa shape index (κ3) is 5.68. The molecule has 1 atom stereocenters. The van der Waals surface area contributed by atoms with Crippen LogP contribution in [0.1, 0.15) is 35.9 Å². The minimum Gasteiger partial charge on any atom is -0.349 e. The second kappa shape index (κ2) is 9.71. The lowest BCUT2D eigenvalue weighted by atomic mass is 10.1. The van der Waals surface area contributed by atoms with Crippen LogP contribution in [0.5, 0.6) is 0 Å². The van der Waals surface area contributed by atoms with Gasteiger partial charge in [0.15, 0.2) is 5.16 Å². The molecule has 1 N–H and O–H groups in total. The number of thiophene rings is 1. The first kappa shape index (κ1) is 19.6. The summed E-state index contributed by atoms with van der Waals surface area (Å²) < 4.78 is 2.00. The van der Waals surface area contributed by atoms with Crippen LogP contribution < -0.4 is 5.32 Å². The lowest BCUT2D eigenvalue weighted by molar-refractivity contribution is -0.119. The van der Waals surface area contributed by atoms with Gasteiger partial charge in [0.25, 0.3) is 0 Å². The molecule has 1 amide bonds. The third-order valence-corrected chi connectivity index (χ3v) is 6.27. The van der Waals surface area contributed by atoms with E-state index in [1.54, 1.807) is 17.7 Å². The van der Waals surface area contributed by atoms with Crippen molar-refractivity contribution in [3.05, 3.63) is 64.1 Å². The van der Waals surface area contributed by atoms with E-state index in [-0.39, 0.29) is 11.9 Å². The standard InChI is InChI=1S/C20H24N4OS2/c1-3-16-6-8-17(9-7-16)15(2)22-19(25)13-27-20-23-21-14-24(20)11-10-18-5-4-12-26-18/h4-9,12,14-15H,3,10-11,13H2,1-2H3,(H,22,25). The lowest BCUT2D eigenvalue weighted by Gasteiger charge is -2.14. The van der Waals surface area contributed by atoms with Crippen LogP contribution >= 0.6 is 23.1 Å². The van der Waals surface area contributed by atoms with E-state index in [2.05, 4.69) is 64.2 Å². The molecular formula is C20H24N4OS2. The topological polar surface area (TPSA) is 59.8 Å². The van der Waals surface area contributed by atoms with E-state index in [0.717, 1.165) is 30.1 Å². The van der Waals surface area contributed by atoms with Gasteiger partial charge in [0.2, 0.25) is 5.91 Å². The van der Waals surface area contributed by atoms with Gasteiger partial charge >= 0.3 is 0 Å². The number of thioether (sulfide) groups is 1. The highest BCUT2D eigenvalue weighted by molar-refractivity contribution is 7.99. The molecule has 1 unspecified atom stereocenters. The molecule has 7 heteroatoms. The van der Waals surface area contributed by atoms with Gasteiger partial charge in [0, 0.05) is 11.4 Å². The Hall–Kier alpha value is -2.12. The van der Waals surface area contributed by atoms with Crippen LogP contribution in [0.2, 0.25) is 0 Å². The summed E-state index contributed by atoms with van der Waals surface area (Å²) in [6.07, 6.45) is 3.69. The number of aromatic nitrogens is 3. The Labute approximate surface area is 168 Å². The predicted octanol–water partition coefficient (Wildman–Crippen LogP) is 4.11. The van der Waals surface area contributed by atoms with E-state index in [9.17, 15) is 4.79 Å². The minimum atomic E-state index is -0.0132. The number of nitrogens with zero attached hydrogens (tertiary/aromatic N) is 3. The highest BCUT2D eigenvalue weighted by atomic mass is 32.2. The van der Waals surface area contributed by atoms with Crippen molar-refractivity contribution in [3.63, 3.8) is 0 Å². The van der Waals surface area contributed by atoms with Gasteiger partial charge in [-0.1, -0.05) is 49.0 Å². The second-order valence-corrected chi connectivity index (χ2v) is 8.28. The molecule has 0 saturated heterocycles. The largest absolute Gasteiger partial charge is 0.349 e. The van der Waals surface area contributed by atoms with Gasteiger partial charge in [0.1, 0.15) is 6.33 Å². The number of hydrogen-bond donors (Lipinski definition) is 1. The maximum Gasteiger partial charge on any atom is 0.230 e. The zero-order chi connectivity index (χ0) is 19.1. The van der Waals surface area contributed by atoms with Gasteiger partial charge in [-0.3, -0.25) is 4.79 Å². The summed E-state index contributed by atoms with van der Waals surface area (Å²) in [6, 6.07) is 12.6. The number of aryl methyl sites for hydroxylation is 3. The monoisotopic (exact) mass is 400 g/mol. The molecule has 2 aromatic heterocycles. The molecule has 0 fully saturated rings. The number of carbonyl (C=O) groups excluding carboxylic acids is 1. The quantitative estimate of drug-likeness (QED) is 0.549. The van der Waals surface area contributed by atoms with E-state index in [0.29, 0.717) is 5.75 Å². The highest BCUT2D eigenvalue weighted by Crippen LogP contribution is 2.18. The fraction of sp³-hybridized carbons (Fsp3) is 0.350. The Balaban J connectivity index is 1.48. The molecule has 0 saturated carbocycles. The number of rotatable bonds is 9. The van der Waals surface area contributed by atoms with Crippen molar-refractivity contribution >= 4 is 29.0 Å². The molecular weight excluding hydrogens is 376 g/mol. The Kier molecular flexibility index (Phi) is 7.06. The molecule has 5 nitrogen and oxygen atoms in total. The van der Waals surface area contributed by atoms with Gasteiger partial charge in [0.05, 0.1) is 11.8 Å². The van der Waals surface area contributed by atoms with E-state index in [1.807, 2.05) is 11.5 Å². The van der Waals surface area contributed by atoms with Crippen LogP contribution in [-0.4, -0.2) is 26.4 Å². The van der Waals surface area contributed by atoms with E-state index in [1.165, 1.54) is 22.2 Å². The van der Waals surface area contributed by atoms with E-state index >= 15 is 0 Å². The maximum atomic E-state index is 12.3. The number of carbonyl (C=O) groups is 1. The van der Waals surface area contributed by atoms with Gasteiger partial charge in [-0.25, -0.2) is 0 Å². The molecule has 0 spiro atoms. The van der Waals surface area contributed by atoms with E-state index < -0.39 is 0 Å². The lowest BCUT2D eigenvalue weighted by Crippen LogP contribution is -2.28. The summed E-state index contributed by atoms with van der Waals surface area (Å²) in [5.74, 6) is 0.328. The SMILES string of the molecule is CCc1ccc(C(C)NC(=O)CSc2nncn2CCc2cccs2)cc1. The number of benzene rings is 1. The summed E-state index contributed by atoms with van der Waals surface area (Å²) in [7, 11) is 0. The molecule has 3 rings (SSSR count). The molecule has 0 aliphatic heterocycles. The fourth-order valence-electron chi connectivity index (χ4n) is 2.73. The van der Waals surface area contributed by atoms with Crippen LogP contribution in [0.15, 0.2) is 53.3 Å². The van der Waals surface area contributed by atoms with Crippen LogP contribution in [0.4, 0.5) is 0 Å². The van der Waals surface area contributed by atoms with Crippen molar-refractivity contribution in [3.8, 4) is 0 Å². The molecule has 0 bridgehead atoms. The van der Waals surface area contributed by atoms with Crippen LogP contribution in [0, 0.1) is 0 Å². The van der Waals surface area contributed by atoms with Crippen LogP contribution in [-0.2, 0) is 24.2 Å². The third-order valence-electron chi connectivity index (χ3n) is 4.36. The van der Waals surface area contributed by atoms with Gasteiger partial charge in [-0.2, -0.15) is 0 Å². The second-order valence-electron chi connectivity index (χ2n) is 6.31. The normalized spacial score (nSPS) is 12.1. The summed E-state index contributed by atoms with van der Waals surface area (Å²) in [5, 5.41) is 14.0. The molecule has 0 aliphatic carbocycles. The number of nitrogens with one attached hydrogen (secondary N) is 1. The maximum absolute atomic E-state index is 12.3.